The molecular weight excluding hydrogens is 390 g/mol. The van der Waals surface area contributed by atoms with Crippen LogP contribution < -0.4 is 10.5 Å². The predicted molar refractivity (Wildman–Crippen MR) is 119 cm³/mol. The summed E-state index contributed by atoms with van der Waals surface area (Å²) in [7, 11) is 1.35. The zero-order valence-electron chi connectivity index (χ0n) is 17.5. The summed E-state index contributed by atoms with van der Waals surface area (Å²) in [4.78, 5) is 11.8. The van der Waals surface area contributed by atoms with Crippen LogP contribution in [0.4, 0.5) is 0 Å². The predicted octanol–water partition coefficient (Wildman–Crippen LogP) is 4.35. The second kappa shape index (κ2) is 8.92. The minimum absolute atomic E-state index is 0.103. The highest BCUT2D eigenvalue weighted by Gasteiger charge is 2.40. The van der Waals surface area contributed by atoms with Gasteiger partial charge in [0.25, 0.3) is 0 Å². The van der Waals surface area contributed by atoms with E-state index in [4.69, 9.17) is 15.2 Å². The summed E-state index contributed by atoms with van der Waals surface area (Å²) in [6.07, 6.45) is 1.36. The van der Waals surface area contributed by atoms with Gasteiger partial charge in [0, 0.05) is 17.5 Å². The zero-order chi connectivity index (χ0) is 21.8. The highest BCUT2D eigenvalue weighted by atomic mass is 16.5. The Balaban J connectivity index is 1.66. The van der Waals surface area contributed by atoms with E-state index in [1.165, 1.54) is 12.7 Å². The number of carbonyl (C=O) groups is 1. The molecule has 3 atom stereocenters. The molecule has 1 heterocycles. The molecule has 0 aromatic heterocycles. The van der Waals surface area contributed by atoms with Crippen molar-refractivity contribution in [2.24, 2.45) is 11.7 Å². The van der Waals surface area contributed by atoms with Crippen molar-refractivity contribution in [2.45, 2.75) is 31.1 Å². The van der Waals surface area contributed by atoms with Gasteiger partial charge >= 0.3 is 5.97 Å². The number of aliphatic hydroxyl groups is 1. The van der Waals surface area contributed by atoms with Crippen molar-refractivity contribution < 1.29 is 19.4 Å². The number of carbonyl (C=O) groups excluding carboxylic acids is 1. The topological polar surface area (TPSA) is 81.8 Å². The molecular formula is C26H27NO4. The number of methoxy groups -OCH3 is 1. The van der Waals surface area contributed by atoms with Crippen molar-refractivity contribution in [2.75, 3.05) is 7.11 Å². The van der Waals surface area contributed by atoms with E-state index in [9.17, 15) is 9.90 Å². The van der Waals surface area contributed by atoms with Gasteiger partial charge in [-0.2, -0.15) is 0 Å². The quantitative estimate of drug-likeness (QED) is 0.603. The smallest absolute Gasteiger partial charge is 0.337 e. The maximum absolute atomic E-state index is 11.8. The molecule has 1 aliphatic rings. The third kappa shape index (κ3) is 4.48. The van der Waals surface area contributed by atoms with E-state index in [0.717, 1.165) is 24.0 Å². The number of aliphatic hydroxyl groups excluding tert-OH is 1. The Morgan fingerprint density at radius 3 is 2.45 bits per heavy atom. The number of esters is 1. The molecule has 160 valence electrons. The van der Waals surface area contributed by atoms with Gasteiger partial charge in [-0.25, -0.2) is 4.79 Å². The van der Waals surface area contributed by atoms with Gasteiger partial charge in [-0.05, 0) is 42.5 Å². The van der Waals surface area contributed by atoms with Crippen LogP contribution in [0.3, 0.4) is 0 Å². The SMILES string of the molecule is COC(=O)c1ccc(C2(N)CC(CCc3ccccc3)C(O)c3ccccc3O2)cc1. The largest absolute Gasteiger partial charge is 0.468 e. The van der Waals surface area contributed by atoms with Gasteiger partial charge < -0.3 is 14.6 Å². The average molecular weight is 418 g/mol. The van der Waals surface area contributed by atoms with Crippen molar-refractivity contribution in [1.82, 2.24) is 0 Å². The monoisotopic (exact) mass is 417 g/mol. The summed E-state index contributed by atoms with van der Waals surface area (Å²) < 4.78 is 11.1. The lowest BCUT2D eigenvalue weighted by atomic mass is 9.83. The highest BCUT2D eigenvalue weighted by molar-refractivity contribution is 5.89. The molecule has 0 radical (unpaired) electrons. The van der Waals surface area contributed by atoms with Gasteiger partial charge in [0.1, 0.15) is 5.75 Å². The third-order valence-electron chi connectivity index (χ3n) is 5.98. The first kappa shape index (κ1) is 21.1. The minimum atomic E-state index is -1.14. The Morgan fingerprint density at radius 1 is 1.06 bits per heavy atom. The summed E-state index contributed by atoms with van der Waals surface area (Å²) in [6.45, 7) is 0. The molecule has 3 unspecified atom stereocenters. The van der Waals surface area contributed by atoms with E-state index in [0.29, 0.717) is 17.7 Å². The number of benzene rings is 3. The number of nitrogens with two attached hydrogens (primary N) is 1. The summed E-state index contributed by atoms with van der Waals surface area (Å²) in [5.41, 5.74) is 8.85. The summed E-state index contributed by atoms with van der Waals surface area (Å²) in [5, 5.41) is 11.2. The van der Waals surface area contributed by atoms with Gasteiger partial charge in [0.2, 0.25) is 0 Å². The molecule has 0 saturated heterocycles. The van der Waals surface area contributed by atoms with Crippen LogP contribution in [-0.2, 0) is 16.9 Å². The minimum Gasteiger partial charge on any atom is -0.468 e. The van der Waals surface area contributed by atoms with E-state index < -0.39 is 17.8 Å². The van der Waals surface area contributed by atoms with Crippen LogP contribution in [0.15, 0.2) is 78.9 Å². The average Bonchev–Trinajstić information content (AvgIpc) is 2.92. The lowest BCUT2D eigenvalue weighted by Crippen LogP contribution is -2.44. The molecule has 5 heteroatoms. The van der Waals surface area contributed by atoms with Crippen LogP contribution in [0.25, 0.3) is 0 Å². The molecule has 5 nitrogen and oxygen atoms in total. The summed E-state index contributed by atoms with van der Waals surface area (Å²) >= 11 is 0. The van der Waals surface area contributed by atoms with Gasteiger partial charge in [0.05, 0.1) is 18.8 Å². The molecule has 1 aliphatic heterocycles. The van der Waals surface area contributed by atoms with E-state index in [1.807, 2.05) is 42.5 Å². The van der Waals surface area contributed by atoms with Crippen molar-refractivity contribution >= 4 is 5.97 Å². The van der Waals surface area contributed by atoms with E-state index >= 15 is 0 Å². The van der Waals surface area contributed by atoms with Gasteiger partial charge in [-0.1, -0.05) is 60.7 Å². The molecule has 0 bridgehead atoms. The molecule has 3 aromatic rings. The van der Waals surface area contributed by atoms with Crippen LogP contribution in [-0.4, -0.2) is 18.2 Å². The van der Waals surface area contributed by atoms with E-state index in [1.54, 1.807) is 24.3 Å². The molecule has 0 aliphatic carbocycles. The fourth-order valence-electron chi connectivity index (χ4n) is 4.25. The number of para-hydroxylation sites is 1. The van der Waals surface area contributed by atoms with Crippen LogP contribution in [0.5, 0.6) is 5.75 Å². The second-order valence-electron chi connectivity index (χ2n) is 8.03. The maximum atomic E-state index is 11.8. The standard InChI is InChI=1S/C26H27NO4/c1-30-25(29)19-13-15-21(16-14-19)26(27)17-20(12-11-18-7-3-2-4-8-18)24(28)22-9-5-6-10-23(22)31-26/h2-10,13-16,20,24,28H,11-12,17,27H2,1H3. The molecule has 31 heavy (non-hydrogen) atoms. The van der Waals surface area contributed by atoms with Crippen LogP contribution in [0.1, 0.15) is 46.0 Å². The van der Waals surface area contributed by atoms with Gasteiger partial charge in [0.15, 0.2) is 5.72 Å². The Bertz CT molecular complexity index is 1030. The normalized spacial score (nSPS) is 22.7. The highest BCUT2D eigenvalue weighted by Crippen LogP contribution is 2.44. The first-order valence-electron chi connectivity index (χ1n) is 10.5. The molecule has 3 N–H and O–H groups in total. The summed E-state index contributed by atoms with van der Waals surface area (Å²) in [5.74, 6) is 0.0757. The van der Waals surface area contributed by atoms with Gasteiger partial charge in [-0.15, -0.1) is 0 Å². The van der Waals surface area contributed by atoms with Crippen molar-refractivity contribution in [1.29, 1.82) is 0 Å². The molecule has 0 saturated carbocycles. The molecule has 0 fully saturated rings. The van der Waals surface area contributed by atoms with Crippen molar-refractivity contribution in [3.8, 4) is 5.75 Å². The first-order chi connectivity index (χ1) is 15.0. The molecule has 0 spiro atoms. The molecule has 0 amide bonds. The zero-order valence-corrected chi connectivity index (χ0v) is 17.5. The van der Waals surface area contributed by atoms with E-state index in [2.05, 4.69) is 12.1 Å². The number of hydrogen-bond donors (Lipinski definition) is 2. The van der Waals surface area contributed by atoms with E-state index in [-0.39, 0.29) is 5.92 Å². The second-order valence-corrected chi connectivity index (χ2v) is 8.03. The number of rotatable bonds is 5. The Morgan fingerprint density at radius 2 is 1.74 bits per heavy atom. The lowest BCUT2D eigenvalue weighted by Gasteiger charge is -2.32. The molecule has 3 aromatic carbocycles. The third-order valence-corrected chi connectivity index (χ3v) is 5.98. The number of fused-ring (bicyclic) bond motifs is 1. The van der Waals surface area contributed by atoms with Crippen LogP contribution in [0.2, 0.25) is 0 Å². The Hall–Kier alpha value is -3.15. The lowest BCUT2D eigenvalue weighted by molar-refractivity contribution is 0.0259. The van der Waals surface area contributed by atoms with Crippen molar-refractivity contribution in [3.05, 3.63) is 101 Å². The number of aryl methyl sites for hydroxylation is 1. The Labute approximate surface area is 182 Å². The van der Waals surface area contributed by atoms with Gasteiger partial charge in [-0.3, -0.25) is 5.73 Å². The fraction of sp³-hybridized carbons (Fsp3) is 0.269. The number of hydrogen-bond acceptors (Lipinski definition) is 5. The van der Waals surface area contributed by atoms with Crippen molar-refractivity contribution in [3.63, 3.8) is 0 Å². The van der Waals surface area contributed by atoms with Crippen LogP contribution in [0, 0.1) is 5.92 Å². The van der Waals surface area contributed by atoms with Crippen LogP contribution >= 0.6 is 0 Å². The number of ether oxygens (including phenoxy) is 2. The Kier molecular flexibility index (Phi) is 6.07. The maximum Gasteiger partial charge on any atom is 0.337 e. The summed E-state index contributed by atoms with van der Waals surface area (Å²) in [6, 6.07) is 24.7. The molecule has 4 rings (SSSR count). The first-order valence-corrected chi connectivity index (χ1v) is 10.5. The fourth-order valence-corrected chi connectivity index (χ4v) is 4.25.